The predicted molar refractivity (Wildman–Crippen MR) is 132 cm³/mol. The van der Waals surface area contributed by atoms with Gasteiger partial charge in [0, 0.05) is 23.9 Å². The molecule has 6 heteroatoms. The van der Waals surface area contributed by atoms with Crippen molar-refractivity contribution in [3.05, 3.63) is 23.8 Å². The Morgan fingerprint density at radius 2 is 1.29 bits per heavy atom. The minimum absolute atomic E-state index is 0.111. The van der Waals surface area contributed by atoms with E-state index in [1.54, 1.807) is 12.1 Å². The molecule has 0 aliphatic heterocycles. The van der Waals surface area contributed by atoms with E-state index in [-0.39, 0.29) is 41.3 Å². The molecular weight excluding hydrogens is 430 g/mol. The number of benzene rings is 1. The minimum Gasteiger partial charge on any atom is -0.423 e. The van der Waals surface area contributed by atoms with Crippen molar-refractivity contribution in [3.8, 4) is 11.5 Å². The number of ether oxygens (including phenoxy) is 2. The lowest BCUT2D eigenvalue weighted by atomic mass is 9.87. The van der Waals surface area contributed by atoms with E-state index in [0.29, 0.717) is 30.2 Å². The number of Topliss-reactive ketones (excluding diaryl/α,β-unsaturated/α-hetero) is 1. The summed E-state index contributed by atoms with van der Waals surface area (Å²) in [6.07, 6.45) is 11.9. The zero-order chi connectivity index (χ0) is 24.6. The summed E-state index contributed by atoms with van der Waals surface area (Å²) in [5, 5.41) is 3.18. The Morgan fingerprint density at radius 1 is 0.794 bits per heavy atom. The lowest BCUT2D eigenvalue weighted by molar-refractivity contribution is -0.138. The SMILES string of the molecule is CC(C)(C)NCC(=O)c1ccc(OC(=O)CC2CCCCC2)c(OC(=O)CC2CCCCC2)c1. The van der Waals surface area contributed by atoms with Gasteiger partial charge >= 0.3 is 11.9 Å². The molecule has 1 N–H and O–H groups in total. The zero-order valence-corrected chi connectivity index (χ0v) is 21.1. The van der Waals surface area contributed by atoms with Crippen LogP contribution >= 0.6 is 0 Å². The van der Waals surface area contributed by atoms with Gasteiger partial charge in [-0.2, -0.15) is 0 Å². The monoisotopic (exact) mass is 471 g/mol. The fourth-order valence-electron chi connectivity index (χ4n) is 4.88. The summed E-state index contributed by atoms with van der Waals surface area (Å²) in [6, 6.07) is 4.75. The Morgan fingerprint density at radius 3 is 1.79 bits per heavy atom. The number of hydrogen-bond acceptors (Lipinski definition) is 6. The van der Waals surface area contributed by atoms with Crippen LogP contribution in [0.25, 0.3) is 0 Å². The number of nitrogens with one attached hydrogen (secondary N) is 1. The highest BCUT2D eigenvalue weighted by molar-refractivity contribution is 5.98. The molecule has 3 rings (SSSR count). The highest BCUT2D eigenvalue weighted by Gasteiger charge is 2.23. The van der Waals surface area contributed by atoms with Crippen molar-refractivity contribution in [3.63, 3.8) is 0 Å². The van der Waals surface area contributed by atoms with E-state index < -0.39 is 0 Å². The molecule has 2 saturated carbocycles. The van der Waals surface area contributed by atoms with Gasteiger partial charge in [-0.05, 0) is 76.5 Å². The Hall–Kier alpha value is -2.21. The molecule has 0 heterocycles. The average molecular weight is 472 g/mol. The summed E-state index contributed by atoms with van der Waals surface area (Å²) in [6.45, 7) is 6.15. The van der Waals surface area contributed by atoms with Gasteiger partial charge in [-0.15, -0.1) is 0 Å². The topological polar surface area (TPSA) is 81.7 Å². The highest BCUT2D eigenvalue weighted by atomic mass is 16.6. The second-order valence-corrected chi connectivity index (χ2v) is 11.1. The number of esters is 2. The third kappa shape index (κ3) is 8.86. The van der Waals surface area contributed by atoms with Crippen molar-refractivity contribution in [2.45, 2.75) is 103 Å². The minimum atomic E-state index is -0.339. The summed E-state index contributed by atoms with van der Waals surface area (Å²) in [7, 11) is 0. The molecule has 1 aromatic rings. The maximum atomic E-state index is 12.7. The van der Waals surface area contributed by atoms with Crippen molar-refractivity contribution >= 4 is 17.7 Å². The molecule has 34 heavy (non-hydrogen) atoms. The predicted octanol–water partition coefficient (Wildman–Crippen LogP) is 6.01. The number of hydrogen-bond donors (Lipinski definition) is 1. The van der Waals surface area contributed by atoms with Crippen molar-refractivity contribution in [1.29, 1.82) is 0 Å². The third-order valence-electron chi connectivity index (χ3n) is 6.85. The van der Waals surface area contributed by atoms with Gasteiger partial charge in [-0.3, -0.25) is 14.4 Å². The molecule has 1 aromatic carbocycles. The van der Waals surface area contributed by atoms with Gasteiger partial charge < -0.3 is 14.8 Å². The smallest absolute Gasteiger partial charge is 0.311 e. The van der Waals surface area contributed by atoms with Crippen molar-refractivity contribution in [2.75, 3.05) is 6.54 Å². The lowest BCUT2D eigenvalue weighted by Crippen LogP contribution is -2.39. The first-order chi connectivity index (χ1) is 16.2. The van der Waals surface area contributed by atoms with E-state index in [9.17, 15) is 14.4 Å². The quantitative estimate of drug-likeness (QED) is 0.270. The van der Waals surface area contributed by atoms with Crippen LogP contribution in [0, 0.1) is 11.8 Å². The largest absolute Gasteiger partial charge is 0.423 e. The molecule has 188 valence electrons. The van der Waals surface area contributed by atoms with Gasteiger partial charge in [0.15, 0.2) is 17.3 Å². The zero-order valence-electron chi connectivity index (χ0n) is 21.1. The van der Waals surface area contributed by atoms with Gasteiger partial charge in [-0.25, -0.2) is 0 Å². The van der Waals surface area contributed by atoms with E-state index in [2.05, 4.69) is 5.32 Å². The van der Waals surface area contributed by atoms with Crippen LogP contribution in [0.4, 0.5) is 0 Å². The van der Waals surface area contributed by atoms with Crippen LogP contribution in [0.15, 0.2) is 18.2 Å². The van der Waals surface area contributed by atoms with Crippen LogP contribution < -0.4 is 14.8 Å². The molecule has 0 aromatic heterocycles. The van der Waals surface area contributed by atoms with Gasteiger partial charge in [0.2, 0.25) is 0 Å². The average Bonchev–Trinajstić information content (AvgIpc) is 2.79. The number of carbonyl (C=O) groups is 3. The summed E-state index contributed by atoms with van der Waals surface area (Å²) in [5.41, 5.74) is 0.226. The molecule has 0 spiro atoms. The molecule has 0 radical (unpaired) electrons. The molecule has 0 bridgehead atoms. The maximum Gasteiger partial charge on any atom is 0.311 e. The summed E-state index contributed by atoms with van der Waals surface area (Å²) in [4.78, 5) is 38.1. The molecule has 6 nitrogen and oxygen atoms in total. The van der Waals surface area contributed by atoms with Crippen LogP contribution in [-0.4, -0.2) is 29.8 Å². The van der Waals surface area contributed by atoms with E-state index in [0.717, 1.165) is 51.4 Å². The van der Waals surface area contributed by atoms with Crippen molar-refractivity contribution < 1.29 is 23.9 Å². The highest BCUT2D eigenvalue weighted by Crippen LogP contribution is 2.33. The second kappa shape index (κ2) is 12.5. The van der Waals surface area contributed by atoms with Gasteiger partial charge in [0.05, 0.1) is 6.54 Å². The van der Waals surface area contributed by atoms with Crippen LogP contribution in [0.3, 0.4) is 0 Å². The van der Waals surface area contributed by atoms with Crippen LogP contribution in [-0.2, 0) is 9.59 Å². The molecule has 0 amide bonds. The van der Waals surface area contributed by atoms with Crippen LogP contribution in [0.1, 0.15) is 108 Å². The van der Waals surface area contributed by atoms with E-state index in [1.165, 1.54) is 18.9 Å². The Labute approximate surface area is 204 Å². The third-order valence-corrected chi connectivity index (χ3v) is 6.85. The van der Waals surface area contributed by atoms with E-state index >= 15 is 0 Å². The van der Waals surface area contributed by atoms with Crippen LogP contribution in [0.2, 0.25) is 0 Å². The Kier molecular flexibility index (Phi) is 9.69. The lowest BCUT2D eigenvalue weighted by Gasteiger charge is -2.22. The first kappa shape index (κ1) is 26.4. The first-order valence-electron chi connectivity index (χ1n) is 13.0. The van der Waals surface area contributed by atoms with Gasteiger partial charge in [0.25, 0.3) is 0 Å². The molecule has 0 atom stereocenters. The van der Waals surface area contributed by atoms with E-state index in [1.807, 2.05) is 20.8 Å². The fraction of sp³-hybridized carbons (Fsp3) is 0.679. The first-order valence-corrected chi connectivity index (χ1v) is 13.0. The normalized spacial score (nSPS) is 17.9. The fourth-order valence-corrected chi connectivity index (χ4v) is 4.88. The second-order valence-electron chi connectivity index (χ2n) is 11.1. The maximum absolute atomic E-state index is 12.7. The number of ketones is 1. The standard InChI is InChI=1S/C28H41NO5/c1-28(2,3)29-19-23(30)22-14-15-24(33-26(31)16-20-10-6-4-7-11-20)25(18-22)34-27(32)17-21-12-8-5-9-13-21/h14-15,18,20-21,29H,4-13,16-17,19H2,1-3H3. The summed E-state index contributed by atoms with van der Waals surface area (Å²) >= 11 is 0. The molecule has 2 aliphatic rings. The van der Waals surface area contributed by atoms with Crippen molar-refractivity contribution in [2.24, 2.45) is 11.8 Å². The molecule has 0 saturated heterocycles. The summed E-state index contributed by atoms with van der Waals surface area (Å²) in [5.74, 6) is 0.276. The molecule has 2 aliphatic carbocycles. The van der Waals surface area contributed by atoms with Crippen LogP contribution in [0.5, 0.6) is 11.5 Å². The molecular formula is C28H41NO5. The molecule has 2 fully saturated rings. The van der Waals surface area contributed by atoms with Crippen molar-refractivity contribution in [1.82, 2.24) is 5.32 Å². The Balaban J connectivity index is 1.70. The Bertz CT molecular complexity index is 845. The van der Waals surface area contributed by atoms with Gasteiger partial charge in [-0.1, -0.05) is 38.5 Å². The summed E-state index contributed by atoms with van der Waals surface area (Å²) < 4.78 is 11.3. The number of rotatable bonds is 9. The molecule has 0 unspecified atom stereocenters. The van der Waals surface area contributed by atoms with Gasteiger partial charge in [0.1, 0.15) is 0 Å². The number of carbonyl (C=O) groups excluding carboxylic acids is 3. The van der Waals surface area contributed by atoms with E-state index in [4.69, 9.17) is 9.47 Å².